The van der Waals surface area contributed by atoms with Gasteiger partial charge in [-0.3, -0.25) is 23.9 Å². The molecule has 0 spiro atoms. The zero-order chi connectivity index (χ0) is 21.0. The van der Waals surface area contributed by atoms with Crippen LogP contribution in [-0.4, -0.2) is 47.9 Å². The number of aromatic nitrogens is 2. The number of nitrogens with one attached hydrogen (secondary N) is 1. The molecule has 0 saturated carbocycles. The van der Waals surface area contributed by atoms with Gasteiger partial charge in [-0.25, -0.2) is 4.68 Å². The highest BCUT2D eigenvalue weighted by atomic mass is 32.2. The number of carboxylic acids is 2. The molecule has 2 aromatic rings. The van der Waals surface area contributed by atoms with Crippen LogP contribution in [0.4, 0.5) is 5.69 Å². The van der Waals surface area contributed by atoms with E-state index in [2.05, 4.69) is 5.32 Å². The topological polar surface area (TPSA) is 131 Å². The summed E-state index contributed by atoms with van der Waals surface area (Å²) in [4.78, 5) is 47.3. The summed E-state index contributed by atoms with van der Waals surface area (Å²) in [6.45, 7) is 3.14. The lowest BCUT2D eigenvalue weighted by Gasteiger charge is -2.15. The van der Waals surface area contributed by atoms with Crippen LogP contribution < -0.4 is 10.9 Å². The van der Waals surface area contributed by atoms with Crippen molar-refractivity contribution in [2.75, 3.05) is 5.32 Å². The second-order valence-corrected chi connectivity index (χ2v) is 7.68. The number of aliphatic carboxylic acids is 2. The Labute approximate surface area is 164 Å². The molecule has 0 saturated heterocycles. The lowest BCUT2D eigenvalue weighted by molar-refractivity contribution is -0.142. The van der Waals surface area contributed by atoms with Crippen molar-refractivity contribution in [3.63, 3.8) is 0 Å². The molecular formula is C18H21N3O6S. The van der Waals surface area contributed by atoms with Crippen LogP contribution in [0.15, 0.2) is 35.1 Å². The number of amides is 1. The van der Waals surface area contributed by atoms with E-state index in [1.165, 1.54) is 11.6 Å². The minimum absolute atomic E-state index is 0.0916. The number of carbonyl (C=O) groups excluding carboxylic acids is 1. The molecule has 0 unspecified atom stereocenters. The summed E-state index contributed by atoms with van der Waals surface area (Å²) in [7, 11) is 1.69. The highest BCUT2D eigenvalue weighted by molar-refractivity contribution is 8.01. The van der Waals surface area contributed by atoms with E-state index in [0.717, 1.165) is 11.8 Å². The van der Waals surface area contributed by atoms with E-state index < -0.39 is 40.3 Å². The normalized spacial score (nSPS) is 13.0. The molecule has 1 amide bonds. The van der Waals surface area contributed by atoms with Crippen LogP contribution >= 0.6 is 11.8 Å². The largest absolute Gasteiger partial charge is 0.481 e. The molecule has 0 aliphatic heterocycles. The molecule has 9 nitrogen and oxygen atoms in total. The van der Waals surface area contributed by atoms with Crippen molar-refractivity contribution in [1.29, 1.82) is 0 Å². The number of hydrogen-bond acceptors (Lipinski definition) is 5. The molecule has 150 valence electrons. The van der Waals surface area contributed by atoms with Gasteiger partial charge in [-0.05, 0) is 26.0 Å². The summed E-state index contributed by atoms with van der Waals surface area (Å²) in [6, 6.07) is 8.91. The number of carboxylic acid groups (broad SMARTS) is 2. The number of hydrogen-bond donors (Lipinski definition) is 3. The first-order valence-electron chi connectivity index (χ1n) is 8.38. The Morgan fingerprint density at radius 2 is 1.79 bits per heavy atom. The highest BCUT2D eigenvalue weighted by Gasteiger charge is 2.28. The Kier molecular flexibility index (Phi) is 6.68. The molecule has 2 atom stereocenters. The predicted octanol–water partition coefficient (Wildman–Crippen LogP) is 1.47. The zero-order valence-electron chi connectivity index (χ0n) is 15.6. The Morgan fingerprint density at radius 1 is 1.18 bits per heavy atom. The van der Waals surface area contributed by atoms with E-state index in [1.54, 1.807) is 42.9 Å². The predicted molar refractivity (Wildman–Crippen MR) is 105 cm³/mol. The fourth-order valence-corrected chi connectivity index (χ4v) is 3.63. The number of nitrogens with zero attached hydrogens (tertiary/aromatic N) is 2. The lowest BCUT2D eigenvalue weighted by Crippen LogP contribution is -2.30. The van der Waals surface area contributed by atoms with Gasteiger partial charge in [-0.2, -0.15) is 0 Å². The van der Waals surface area contributed by atoms with E-state index in [0.29, 0.717) is 11.4 Å². The minimum Gasteiger partial charge on any atom is -0.481 e. The van der Waals surface area contributed by atoms with Crippen molar-refractivity contribution in [1.82, 2.24) is 9.36 Å². The maximum Gasteiger partial charge on any atom is 0.317 e. The van der Waals surface area contributed by atoms with Crippen molar-refractivity contribution in [2.45, 2.75) is 30.8 Å². The monoisotopic (exact) mass is 407 g/mol. The van der Waals surface area contributed by atoms with Crippen molar-refractivity contribution in [2.24, 2.45) is 7.05 Å². The number of thioether (sulfide) groups is 1. The molecule has 1 aromatic heterocycles. The quantitative estimate of drug-likeness (QED) is 0.604. The molecule has 10 heteroatoms. The number of benzene rings is 1. The third-order valence-corrected chi connectivity index (χ3v) is 5.49. The van der Waals surface area contributed by atoms with Crippen LogP contribution in [-0.2, 0) is 21.4 Å². The first kappa shape index (κ1) is 21.3. The molecule has 0 fully saturated rings. The summed E-state index contributed by atoms with van der Waals surface area (Å²) < 4.78 is 3.02. The summed E-state index contributed by atoms with van der Waals surface area (Å²) >= 11 is 0.720. The highest BCUT2D eigenvalue weighted by Crippen LogP contribution is 2.23. The van der Waals surface area contributed by atoms with Crippen LogP contribution in [0.3, 0.4) is 0 Å². The SMILES string of the molecule is Cc1c(NC(=O)[C@H](C)S[C@H](CC(=O)O)C(=O)O)c(=O)n(-c2ccccc2)n1C. The van der Waals surface area contributed by atoms with E-state index >= 15 is 0 Å². The molecule has 0 aliphatic carbocycles. The lowest BCUT2D eigenvalue weighted by atomic mass is 10.3. The molecule has 28 heavy (non-hydrogen) atoms. The van der Waals surface area contributed by atoms with Gasteiger partial charge in [-0.1, -0.05) is 18.2 Å². The van der Waals surface area contributed by atoms with Gasteiger partial charge in [-0.15, -0.1) is 11.8 Å². The summed E-state index contributed by atoms with van der Waals surface area (Å²) in [5.74, 6) is -3.15. The Balaban J connectivity index is 2.23. The molecule has 1 heterocycles. The van der Waals surface area contributed by atoms with E-state index in [1.807, 2.05) is 6.07 Å². The van der Waals surface area contributed by atoms with E-state index in [4.69, 9.17) is 10.2 Å². The average Bonchev–Trinajstić information content (AvgIpc) is 2.84. The molecular weight excluding hydrogens is 386 g/mol. The van der Waals surface area contributed by atoms with Crippen LogP contribution in [0.2, 0.25) is 0 Å². The smallest absolute Gasteiger partial charge is 0.317 e. The number of carbonyl (C=O) groups is 3. The summed E-state index contributed by atoms with van der Waals surface area (Å²) in [5.41, 5.74) is 0.833. The third-order valence-electron chi connectivity index (χ3n) is 4.18. The number of rotatable bonds is 8. The second kappa shape index (κ2) is 8.79. The molecule has 0 radical (unpaired) electrons. The maximum atomic E-state index is 12.8. The van der Waals surface area contributed by atoms with Crippen LogP contribution in [0.1, 0.15) is 19.0 Å². The summed E-state index contributed by atoms with van der Waals surface area (Å²) in [5, 5.41) is 18.3. The molecule has 3 N–H and O–H groups in total. The van der Waals surface area contributed by atoms with Gasteiger partial charge in [0.1, 0.15) is 10.9 Å². The number of para-hydroxylation sites is 1. The maximum absolute atomic E-state index is 12.8. The molecule has 2 rings (SSSR count). The van der Waals surface area contributed by atoms with Gasteiger partial charge in [0, 0.05) is 7.05 Å². The Morgan fingerprint density at radius 3 is 2.32 bits per heavy atom. The fraction of sp³-hybridized carbons (Fsp3) is 0.333. The Bertz CT molecular complexity index is 950. The first-order valence-corrected chi connectivity index (χ1v) is 9.32. The third kappa shape index (κ3) is 4.63. The van der Waals surface area contributed by atoms with Gasteiger partial charge in [0.15, 0.2) is 0 Å². The molecule has 0 aliphatic rings. The van der Waals surface area contributed by atoms with E-state index in [9.17, 15) is 19.2 Å². The van der Waals surface area contributed by atoms with Gasteiger partial charge in [0.2, 0.25) is 5.91 Å². The average molecular weight is 407 g/mol. The first-order chi connectivity index (χ1) is 13.1. The van der Waals surface area contributed by atoms with Crippen LogP contribution in [0.25, 0.3) is 5.69 Å². The standard InChI is InChI=1S/C18H21N3O6S/c1-10-15(17(25)21(20(10)3)12-7-5-4-6-8-12)19-16(24)11(2)28-13(18(26)27)9-14(22)23/h4-8,11,13H,9H2,1-3H3,(H,19,24)(H,22,23)(H,26,27)/t11-,13+/m0/s1. The Hall–Kier alpha value is -3.01. The van der Waals surface area contributed by atoms with Gasteiger partial charge in [0.25, 0.3) is 5.56 Å². The second-order valence-electron chi connectivity index (χ2n) is 6.13. The van der Waals surface area contributed by atoms with E-state index in [-0.39, 0.29) is 5.69 Å². The van der Waals surface area contributed by atoms with Crippen LogP contribution in [0.5, 0.6) is 0 Å². The molecule has 1 aromatic carbocycles. The summed E-state index contributed by atoms with van der Waals surface area (Å²) in [6.07, 6.45) is -0.608. The minimum atomic E-state index is -1.31. The van der Waals surface area contributed by atoms with Crippen molar-refractivity contribution < 1.29 is 24.6 Å². The van der Waals surface area contributed by atoms with Crippen molar-refractivity contribution in [3.8, 4) is 5.69 Å². The fourth-order valence-electron chi connectivity index (χ4n) is 2.60. The van der Waals surface area contributed by atoms with Gasteiger partial charge < -0.3 is 15.5 Å². The van der Waals surface area contributed by atoms with Crippen molar-refractivity contribution in [3.05, 3.63) is 46.4 Å². The number of anilines is 1. The zero-order valence-corrected chi connectivity index (χ0v) is 16.4. The van der Waals surface area contributed by atoms with Gasteiger partial charge in [0.05, 0.1) is 23.1 Å². The van der Waals surface area contributed by atoms with Crippen molar-refractivity contribution >= 4 is 35.3 Å². The molecule has 0 bridgehead atoms. The van der Waals surface area contributed by atoms with Gasteiger partial charge >= 0.3 is 11.9 Å². The van der Waals surface area contributed by atoms with Crippen LogP contribution in [0, 0.1) is 6.92 Å².